The molecule has 3 rings (SSSR count). The van der Waals surface area contributed by atoms with E-state index in [2.05, 4.69) is 5.32 Å². The molecule has 0 radical (unpaired) electrons. The van der Waals surface area contributed by atoms with Gasteiger partial charge in [-0.05, 0) is 41.5 Å². The highest BCUT2D eigenvalue weighted by Crippen LogP contribution is 2.21. The number of amides is 1. The van der Waals surface area contributed by atoms with Crippen LogP contribution in [0.15, 0.2) is 60.7 Å². The molecule has 0 heterocycles. The van der Waals surface area contributed by atoms with Crippen LogP contribution in [-0.2, 0) is 0 Å². The van der Waals surface area contributed by atoms with Gasteiger partial charge >= 0.3 is 0 Å². The van der Waals surface area contributed by atoms with Gasteiger partial charge in [-0.3, -0.25) is 4.79 Å². The third kappa shape index (κ3) is 2.63. The molecule has 0 bridgehead atoms. The predicted molar refractivity (Wildman–Crippen MR) is 83.0 cm³/mol. The number of halogens is 1. The van der Waals surface area contributed by atoms with Crippen molar-refractivity contribution in [1.82, 2.24) is 0 Å². The van der Waals surface area contributed by atoms with Gasteiger partial charge in [0.15, 0.2) is 0 Å². The van der Waals surface area contributed by atoms with Crippen molar-refractivity contribution >= 4 is 22.4 Å². The van der Waals surface area contributed by atoms with E-state index in [1.165, 1.54) is 12.1 Å². The molecule has 0 atom stereocenters. The summed E-state index contributed by atoms with van der Waals surface area (Å²) < 4.78 is 13.3. The Kier molecular flexibility index (Phi) is 3.40. The lowest BCUT2D eigenvalue weighted by Crippen LogP contribution is -2.13. The average molecular weight is 279 g/mol. The molecule has 21 heavy (non-hydrogen) atoms. The second-order valence-electron chi connectivity index (χ2n) is 4.94. The number of fused-ring (bicyclic) bond motifs is 1. The summed E-state index contributed by atoms with van der Waals surface area (Å²) in [7, 11) is 0. The number of benzene rings is 3. The van der Waals surface area contributed by atoms with Crippen LogP contribution in [-0.4, -0.2) is 5.91 Å². The molecule has 1 N–H and O–H groups in total. The highest BCUT2D eigenvalue weighted by molar-refractivity contribution is 6.13. The monoisotopic (exact) mass is 279 g/mol. The summed E-state index contributed by atoms with van der Waals surface area (Å²) in [5.74, 6) is -0.602. The van der Waals surface area contributed by atoms with Crippen molar-refractivity contribution in [2.45, 2.75) is 6.92 Å². The van der Waals surface area contributed by atoms with Gasteiger partial charge in [0.2, 0.25) is 0 Å². The first-order valence-electron chi connectivity index (χ1n) is 6.70. The smallest absolute Gasteiger partial charge is 0.256 e. The highest BCUT2D eigenvalue weighted by Gasteiger charge is 2.11. The normalized spacial score (nSPS) is 10.6. The van der Waals surface area contributed by atoms with Crippen LogP contribution >= 0.6 is 0 Å². The number of aryl methyl sites for hydroxylation is 1. The third-order valence-corrected chi connectivity index (χ3v) is 3.48. The molecule has 0 spiro atoms. The zero-order chi connectivity index (χ0) is 14.8. The number of anilines is 1. The van der Waals surface area contributed by atoms with Crippen LogP contribution in [0.2, 0.25) is 0 Å². The lowest BCUT2D eigenvalue weighted by atomic mass is 10.0. The van der Waals surface area contributed by atoms with Crippen LogP contribution in [0, 0.1) is 12.7 Å². The van der Waals surface area contributed by atoms with Crippen molar-refractivity contribution in [3.8, 4) is 0 Å². The summed E-state index contributed by atoms with van der Waals surface area (Å²) in [6.07, 6.45) is 0. The Balaban J connectivity index is 1.99. The Labute approximate surface area is 122 Å². The van der Waals surface area contributed by atoms with E-state index in [4.69, 9.17) is 0 Å². The van der Waals surface area contributed by atoms with Crippen molar-refractivity contribution < 1.29 is 9.18 Å². The minimum atomic E-state index is -0.367. The molecule has 0 aliphatic carbocycles. The van der Waals surface area contributed by atoms with Crippen LogP contribution in [0.4, 0.5) is 10.1 Å². The van der Waals surface area contributed by atoms with E-state index in [1.54, 1.807) is 12.1 Å². The van der Waals surface area contributed by atoms with E-state index in [1.807, 2.05) is 43.3 Å². The Morgan fingerprint density at radius 1 is 1.00 bits per heavy atom. The molecule has 3 heteroatoms. The predicted octanol–water partition coefficient (Wildman–Crippen LogP) is 4.54. The topological polar surface area (TPSA) is 29.1 Å². The quantitative estimate of drug-likeness (QED) is 0.733. The molecule has 3 aromatic rings. The fourth-order valence-electron chi connectivity index (χ4n) is 2.34. The Morgan fingerprint density at radius 2 is 1.76 bits per heavy atom. The number of nitrogens with one attached hydrogen (secondary N) is 1. The molecule has 0 aromatic heterocycles. The number of hydrogen-bond acceptors (Lipinski definition) is 1. The zero-order valence-electron chi connectivity index (χ0n) is 11.6. The van der Waals surface area contributed by atoms with E-state index in [0.717, 1.165) is 16.3 Å². The Hall–Kier alpha value is -2.68. The second-order valence-corrected chi connectivity index (χ2v) is 4.94. The fraction of sp³-hybridized carbons (Fsp3) is 0.0556. The first kappa shape index (κ1) is 13.3. The second kappa shape index (κ2) is 5.37. The molecule has 2 nitrogen and oxygen atoms in total. The minimum absolute atomic E-state index is 0.236. The molecule has 0 unspecified atom stereocenters. The Bertz CT molecular complexity index is 821. The number of carbonyl (C=O) groups excluding carboxylic acids is 1. The van der Waals surface area contributed by atoms with Gasteiger partial charge in [0.25, 0.3) is 5.91 Å². The first-order valence-corrected chi connectivity index (χ1v) is 6.70. The van der Waals surface area contributed by atoms with Crippen molar-refractivity contribution in [2.24, 2.45) is 0 Å². The zero-order valence-corrected chi connectivity index (χ0v) is 11.6. The molecule has 3 aromatic carbocycles. The summed E-state index contributed by atoms with van der Waals surface area (Å²) in [4.78, 5) is 12.5. The van der Waals surface area contributed by atoms with Gasteiger partial charge in [0, 0.05) is 11.3 Å². The number of hydrogen-bond donors (Lipinski definition) is 1. The maximum absolute atomic E-state index is 13.3. The molecular formula is C18H14FNO. The van der Waals surface area contributed by atoms with E-state index >= 15 is 0 Å². The molecule has 104 valence electrons. The van der Waals surface area contributed by atoms with Crippen LogP contribution in [0.25, 0.3) is 10.8 Å². The molecule has 0 fully saturated rings. The first-order chi connectivity index (χ1) is 10.1. The third-order valence-electron chi connectivity index (χ3n) is 3.48. The highest BCUT2D eigenvalue weighted by atomic mass is 19.1. The van der Waals surface area contributed by atoms with E-state index in [0.29, 0.717) is 11.3 Å². The van der Waals surface area contributed by atoms with Gasteiger partial charge in [-0.15, -0.1) is 0 Å². The van der Waals surface area contributed by atoms with Crippen molar-refractivity contribution in [3.63, 3.8) is 0 Å². The van der Waals surface area contributed by atoms with Crippen molar-refractivity contribution in [3.05, 3.63) is 77.6 Å². The SMILES string of the molecule is Cc1ccc(F)cc1NC(=O)c1cccc2ccccc12. The van der Waals surface area contributed by atoms with Crippen LogP contribution < -0.4 is 5.32 Å². The maximum Gasteiger partial charge on any atom is 0.256 e. The van der Waals surface area contributed by atoms with Crippen LogP contribution in [0.5, 0.6) is 0 Å². The number of rotatable bonds is 2. The fourth-order valence-corrected chi connectivity index (χ4v) is 2.34. The lowest BCUT2D eigenvalue weighted by Gasteiger charge is -2.10. The Morgan fingerprint density at radius 3 is 2.62 bits per heavy atom. The molecule has 0 aliphatic heterocycles. The molecule has 0 aliphatic rings. The van der Waals surface area contributed by atoms with Crippen LogP contribution in [0.3, 0.4) is 0 Å². The van der Waals surface area contributed by atoms with Gasteiger partial charge in [-0.2, -0.15) is 0 Å². The van der Waals surface area contributed by atoms with Crippen molar-refractivity contribution in [1.29, 1.82) is 0 Å². The van der Waals surface area contributed by atoms with Gasteiger partial charge in [-0.1, -0.05) is 42.5 Å². The maximum atomic E-state index is 13.3. The lowest BCUT2D eigenvalue weighted by molar-refractivity contribution is 0.102. The molecule has 1 amide bonds. The van der Waals surface area contributed by atoms with E-state index in [9.17, 15) is 9.18 Å². The average Bonchev–Trinajstić information content (AvgIpc) is 2.50. The van der Waals surface area contributed by atoms with Crippen LogP contribution in [0.1, 0.15) is 15.9 Å². The summed E-state index contributed by atoms with van der Waals surface area (Å²) in [6.45, 7) is 1.83. The summed E-state index contributed by atoms with van der Waals surface area (Å²) in [5.41, 5.74) is 1.90. The van der Waals surface area contributed by atoms with Gasteiger partial charge in [-0.25, -0.2) is 4.39 Å². The van der Waals surface area contributed by atoms with E-state index < -0.39 is 0 Å². The summed E-state index contributed by atoms with van der Waals surface area (Å²) >= 11 is 0. The minimum Gasteiger partial charge on any atom is -0.322 e. The standard InChI is InChI=1S/C18H14FNO/c1-12-9-10-14(19)11-17(12)20-18(21)16-8-4-6-13-5-2-3-7-15(13)16/h2-11H,1H3,(H,20,21). The van der Waals surface area contributed by atoms with Crippen molar-refractivity contribution in [2.75, 3.05) is 5.32 Å². The summed E-state index contributed by atoms with van der Waals surface area (Å²) in [5, 5.41) is 4.66. The molecular weight excluding hydrogens is 265 g/mol. The molecule has 0 saturated heterocycles. The van der Waals surface area contributed by atoms with Gasteiger partial charge in [0.1, 0.15) is 5.82 Å². The van der Waals surface area contributed by atoms with Gasteiger partial charge < -0.3 is 5.32 Å². The number of carbonyl (C=O) groups is 1. The van der Waals surface area contributed by atoms with E-state index in [-0.39, 0.29) is 11.7 Å². The molecule has 0 saturated carbocycles. The summed E-state index contributed by atoms with van der Waals surface area (Å²) in [6, 6.07) is 17.6. The van der Waals surface area contributed by atoms with Gasteiger partial charge in [0.05, 0.1) is 0 Å². The largest absolute Gasteiger partial charge is 0.322 e.